The average molecular weight is 247 g/mol. The molecule has 0 spiro atoms. The van der Waals surface area contributed by atoms with Crippen LogP contribution >= 0.6 is 12.6 Å². The van der Waals surface area contributed by atoms with Crippen molar-refractivity contribution in [3.63, 3.8) is 0 Å². The molecular weight excluding hydrogens is 214 g/mol. The molecule has 2 heteroatoms. The van der Waals surface area contributed by atoms with Crippen LogP contribution in [0.1, 0.15) is 55.4 Å². The SMILES string of the molecule is C/C(S)=C/C=C/CN.CC.CC.CC(C)C. The highest BCUT2D eigenvalue weighted by molar-refractivity contribution is 7.84. The van der Waals surface area contributed by atoms with E-state index in [1.807, 2.05) is 52.8 Å². The Morgan fingerprint density at radius 3 is 1.62 bits per heavy atom. The van der Waals surface area contributed by atoms with Gasteiger partial charge >= 0.3 is 0 Å². The molecule has 1 nitrogen and oxygen atoms in total. The molecule has 0 fully saturated rings. The highest BCUT2D eigenvalue weighted by Gasteiger charge is 1.68. The molecule has 0 radical (unpaired) electrons. The van der Waals surface area contributed by atoms with Crippen molar-refractivity contribution in [3.05, 3.63) is 23.1 Å². The third kappa shape index (κ3) is 98.3. The Bertz CT molecular complexity index is 131. The number of rotatable bonds is 2. The van der Waals surface area contributed by atoms with Gasteiger partial charge < -0.3 is 5.73 Å². The lowest BCUT2D eigenvalue weighted by atomic mass is 10.3. The van der Waals surface area contributed by atoms with Crippen molar-refractivity contribution in [3.8, 4) is 0 Å². The van der Waals surface area contributed by atoms with Gasteiger partial charge in [-0.05, 0) is 17.7 Å². The second-order valence-electron chi connectivity index (χ2n) is 3.20. The van der Waals surface area contributed by atoms with E-state index >= 15 is 0 Å². The van der Waals surface area contributed by atoms with Gasteiger partial charge in [0.05, 0.1) is 0 Å². The summed E-state index contributed by atoms with van der Waals surface area (Å²) >= 11 is 4.04. The van der Waals surface area contributed by atoms with Gasteiger partial charge in [0.25, 0.3) is 0 Å². The van der Waals surface area contributed by atoms with Crippen LogP contribution in [-0.4, -0.2) is 6.54 Å². The van der Waals surface area contributed by atoms with Crippen LogP contribution in [-0.2, 0) is 0 Å². The number of hydrogen-bond acceptors (Lipinski definition) is 2. The lowest BCUT2D eigenvalue weighted by Gasteiger charge is -1.79. The summed E-state index contributed by atoms with van der Waals surface area (Å²) in [5, 5.41) is 0. The Labute approximate surface area is 110 Å². The highest BCUT2D eigenvalue weighted by atomic mass is 32.1. The van der Waals surface area contributed by atoms with Crippen LogP contribution in [0.2, 0.25) is 0 Å². The van der Waals surface area contributed by atoms with Crippen LogP contribution in [0.4, 0.5) is 0 Å². The van der Waals surface area contributed by atoms with E-state index in [4.69, 9.17) is 5.73 Å². The molecule has 0 aliphatic heterocycles. The summed E-state index contributed by atoms with van der Waals surface area (Å²) in [6.07, 6.45) is 5.66. The summed E-state index contributed by atoms with van der Waals surface area (Å²) in [6, 6.07) is 0. The summed E-state index contributed by atoms with van der Waals surface area (Å²) in [5.74, 6) is 0.833. The first-order valence-corrected chi connectivity index (χ1v) is 6.67. The molecule has 0 bridgehead atoms. The van der Waals surface area contributed by atoms with Crippen molar-refractivity contribution in [1.29, 1.82) is 0 Å². The average Bonchev–Trinajstić information content (AvgIpc) is 2.23. The van der Waals surface area contributed by atoms with Crippen molar-refractivity contribution in [2.75, 3.05) is 6.54 Å². The van der Waals surface area contributed by atoms with E-state index in [1.54, 1.807) is 0 Å². The van der Waals surface area contributed by atoms with Crippen LogP contribution < -0.4 is 5.73 Å². The molecule has 2 N–H and O–H groups in total. The quantitative estimate of drug-likeness (QED) is 0.518. The van der Waals surface area contributed by atoms with Crippen LogP contribution in [0.15, 0.2) is 23.1 Å². The number of thiol groups is 1. The predicted molar refractivity (Wildman–Crippen MR) is 84.1 cm³/mol. The smallest absolute Gasteiger partial charge is 0.0109 e. The summed E-state index contributed by atoms with van der Waals surface area (Å²) in [7, 11) is 0. The maximum atomic E-state index is 5.17. The molecular formula is C14H33NS. The topological polar surface area (TPSA) is 26.0 Å². The molecule has 16 heavy (non-hydrogen) atoms. The molecule has 0 aromatic heterocycles. The largest absolute Gasteiger partial charge is 0.327 e. The van der Waals surface area contributed by atoms with Crippen LogP contribution in [0.25, 0.3) is 0 Å². The van der Waals surface area contributed by atoms with E-state index in [0.29, 0.717) is 6.54 Å². The van der Waals surface area contributed by atoms with E-state index in [-0.39, 0.29) is 0 Å². The van der Waals surface area contributed by atoms with Gasteiger partial charge in [-0.25, -0.2) is 0 Å². The maximum absolute atomic E-state index is 5.17. The minimum Gasteiger partial charge on any atom is -0.327 e. The molecule has 0 heterocycles. The van der Waals surface area contributed by atoms with Gasteiger partial charge in [-0.15, -0.1) is 12.6 Å². The first kappa shape index (κ1) is 24.8. The number of allylic oxidation sites excluding steroid dienone is 3. The second kappa shape index (κ2) is 29.3. The van der Waals surface area contributed by atoms with Crippen LogP contribution in [0.5, 0.6) is 0 Å². The zero-order valence-corrected chi connectivity index (χ0v) is 13.4. The monoisotopic (exact) mass is 247 g/mol. The van der Waals surface area contributed by atoms with E-state index in [2.05, 4.69) is 33.4 Å². The highest BCUT2D eigenvalue weighted by Crippen LogP contribution is 1.95. The lowest BCUT2D eigenvalue weighted by Crippen LogP contribution is -1.91. The maximum Gasteiger partial charge on any atom is 0.0109 e. The molecule has 0 aliphatic carbocycles. The Morgan fingerprint density at radius 1 is 1.12 bits per heavy atom. The van der Waals surface area contributed by atoms with E-state index in [0.717, 1.165) is 10.8 Å². The van der Waals surface area contributed by atoms with E-state index in [9.17, 15) is 0 Å². The van der Waals surface area contributed by atoms with Gasteiger partial charge in [0, 0.05) is 6.54 Å². The Balaban J connectivity index is -0.0000000761. The van der Waals surface area contributed by atoms with Crippen molar-refractivity contribution in [1.82, 2.24) is 0 Å². The fraction of sp³-hybridized carbons (Fsp3) is 0.714. The minimum absolute atomic E-state index is 0.595. The summed E-state index contributed by atoms with van der Waals surface area (Å²) in [4.78, 5) is 0.995. The van der Waals surface area contributed by atoms with Gasteiger partial charge in [-0.3, -0.25) is 0 Å². The molecule has 0 saturated carbocycles. The Morgan fingerprint density at radius 2 is 1.44 bits per heavy atom. The first-order chi connectivity index (χ1) is 7.50. The Hall–Kier alpha value is -0.210. The van der Waals surface area contributed by atoms with Crippen LogP contribution in [0, 0.1) is 5.92 Å². The summed E-state index contributed by atoms with van der Waals surface area (Å²) in [5.41, 5.74) is 5.17. The van der Waals surface area contributed by atoms with Gasteiger partial charge in [0.2, 0.25) is 0 Å². The van der Waals surface area contributed by atoms with Gasteiger partial charge in [0.1, 0.15) is 0 Å². The van der Waals surface area contributed by atoms with Crippen LogP contribution in [0.3, 0.4) is 0 Å². The normalized spacial score (nSPS) is 9.56. The van der Waals surface area contributed by atoms with Gasteiger partial charge in [-0.2, -0.15) is 0 Å². The minimum atomic E-state index is 0.595. The Kier molecular flexibility index (Phi) is 45.6. The van der Waals surface area contributed by atoms with Crippen molar-refractivity contribution in [2.45, 2.75) is 55.4 Å². The molecule has 0 amide bonds. The van der Waals surface area contributed by atoms with Crippen molar-refractivity contribution >= 4 is 12.6 Å². The molecule has 0 aromatic rings. The second-order valence-corrected chi connectivity index (χ2v) is 3.91. The standard InChI is InChI=1S/C6H11NS.C4H10.2C2H6/c1-6(8)4-2-3-5-7;1-4(2)3;2*1-2/h2-4,8H,5,7H2,1H3;4H,1-3H3;2*1-2H3/b3-2+,6-4-;;;. The predicted octanol–water partition coefficient (Wildman–Crippen LogP) is 5.05. The zero-order valence-electron chi connectivity index (χ0n) is 12.5. The molecule has 0 atom stereocenters. The lowest BCUT2D eigenvalue weighted by molar-refractivity contribution is 0.737. The van der Waals surface area contributed by atoms with Gasteiger partial charge in [0.15, 0.2) is 0 Å². The fourth-order valence-corrected chi connectivity index (χ4v) is 0.372. The molecule has 100 valence electrons. The molecule has 0 aliphatic rings. The zero-order chi connectivity index (χ0) is 14.0. The van der Waals surface area contributed by atoms with E-state index < -0.39 is 0 Å². The molecule has 0 saturated heterocycles. The first-order valence-electron chi connectivity index (χ1n) is 6.23. The molecule has 0 unspecified atom stereocenters. The van der Waals surface area contributed by atoms with Crippen molar-refractivity contribution < 1.29 is 0 Å². The number of hydrogen-bond donors (Lipinski definition) is 2. The van der Waals surface area contributed by atoms with E-state index in [1.165, 1.54) is 0 Å². The number of nitrogens with two attached hydrogens (primary N) is 1. The fourth-order valence-electron chi connectivity index (χ4n) is 0.286. The summed E-state index contributed by atoms with van der Waals surface area (Å²) in [6.45, 7) is 17.0. The van der Waals surface area contributed by atoms with Gasteiger partial charge in [-0.1, -0.05) is 66.7 Å². The summed E-state index contributed by atoms with van der Waals surface area (Å²) < 4.78 is 0. The third-order valence-electron chi connectivity index (χ3n) is 0.610. The third-order valence-corrected chi connectivity index (χ3v) is 0.759. The molecule has 0 rings (SSSR count). The van der Waals surface area contributed by atoms with Crippen molar-refractivity contribution in [2.24, 2.45) is 11.7 Å². The molecule has 0 aromatic carbocycles.